The van der Waals surface area contributed by atoms with E-state index in [0.717, 1.165) is 19.5 Å². The summed E-state index contributed by atoms with van der Waals surface area (Å²) in [4.78, 5) is 16.5. The second kappa shape index (κ2) is 7.27. The van der Waals surface area contributed by atoms with Crippen molar-refractivity contribution in [2.45, 2.75) is 13.0 Å². The van der Waals surface area contributed by atoms with E-state index >= 15 is 0 Å². The van der Waals surface area contributed by atoms with Gasteiger partial charge in [0.2, 0.25) is 0 Å². The Morgan fingerprint density at radius 3 is 2.78 bits per heavy atom. The Labute approximate surface area is 143 Å². The third-order valence-corrected chi connectivity index (χ3v) is 4.46. The molecule has 0 radical (unpaired) electrons. The quantitative estimate of drug-likeness (QED) is 0.816. The molecule has 0 spiro atoms. The van der Waals surface area contributed by atoms with Crippen LogP contribution >= 0.6 is 15.9 Å². The van der Waals surface area contributed by atoms with Gasteiger partial charge in [-0.25, -0.2) is 4.39 Å². The second-order valence-corrected chi connectivity index (χ2v) is 6.43. The van der Waals surface area contributed by atoms with Crippen LogP contribution in [-0.4, -0.2) is 41.9 Å². The topological polar surface area (TPSA) is 36.7 Å². The van der Waals surface area contributed by atoms with Crippen LogP contribution in [-0.2, 0) is 6.54 Å². The van der Waals surface area contributed by atoms with Crippen molar-refractivity contribution in [1.29, 1.82) is 0 Å². The molecule has 1 saturated heterocycles. The minimum absolute atomic E-state index is 0.0211. The lowest BCUT2D eigenvalue weighted by molar-refractivity contribution is 0.0760. The van der Waals surface area contributed by atoms with Gasteiger partial charge in [-0.1, -0.05) is 18.2 Å². The zero-order valence-corrected chi connectivity index (χ0v) is 14.3. The molecule has 2 heterocycles. The zero-order chi connectivity index (χ0) is 16.2. The molecule has 4 nitrogen and oxygen atoms in total. The van der Waals surface area contributed by atoms with Crippen LogP contribution in [0.5, 0.6) is 0 Å². The third kappa shape index (κ3) is 4.00. The third-order valence-electron chi connectivity index (χ3n) is 4.04. The van der Waals surface area contributed by atoms with Crippen LogP contribution in [0.1, 0.15) is 22.3 Å². The highest BCUT2D eigenvalue weighted by Crippen LogP contribution is 2.17. The molecular weight excluding hydrogens is 363 g/mol. The molecule has 0 unspecified atom stereocenters. The van der Waals surface area contributed by atoms with Crippen molar-refractivity contribution < 1.29 is 13.6 Å². The molecule has 0 atom stereocenters. The van der Waals surface area contributed by atoms with E-state index in [4.69, 9.17) is 4.42 Å². The second-order valence-electron chi connectivity index (χ2n) is 5.65. The first kappa shape index (κ1) is 16.2. The van der Waals surface area contributed by atoms with Gasteiger partial charge in [-0.3, -0.25) is 9.69 Å². The molecular formula is C17H18BrFN2O2. The fourth-order valence-electron chi connectivity index (χ4n) is 2.80. The highest BCUT2D eigenvalue weighted by Gasteiger charge is 2.22. The number of hydrogen-bond donors (Lipinski definition) is 0. The van der Waals surface area contributed by atoms with E-state index < -0.39 is 0 Å². The Balaban J connectivity index is 1.61. The van der Waals surface area contributed by atoms with Gasteiger partial charge in [0, 0.05) is 44.4 Å². The molecule has 1 aromatic heterocycles. The standard InChI is InChI=1S/C17H18BrFN2O2/c18-16-10-14(12-23-16)17(22)21-7-3-6-20(8-9-21)11-13-4-1-2-5-15(13)19/h1-2,4-5,10,12H,3,6-9,11H2. The van der Waals surface area contributed by atoms with Gasteiger partial charge < -0.3 is 9.32 Å². The van der Waals surface area contributed by atoms with Gasteiger partial charge in [0.05, 0.1) is 5.56 Å². The largest absolute Gasteiger partial charge is 0.457 e. The maximum absolute atomic E-state index is 13.8. The van der Waals surface area contributed by atoms with Crippen LogP contribution in [0.3, 0.4) is 0 Å². The number of furan rings is 1. The highest BCUT2D eigenvalue weighted by atomic mass is 79.9. The predicted molar refractivity (Wildman–Crippen MR) is 88.6 cm³/mol. The summed E-state index contributed by atoms with van der Waals surface area (Å²) in [5, 5.41) is 0. The lowest BCUT2D eigenvalue weighted by Crippen LogP contribution is -2.35. The molecule has 3 rings (SSSR count). The van der Waals surface area contributed by atoms with E-state index in [1.807, 2.05) is 17.0 Å². The first-order valence-electron chi connectivity index (χ1n) is 7.62. The van der Waals surface area contributed by atoms with E-state index in [1.54, 1.807) is 12.1 Å². The summed E-state index contributed by atoms with van der Waals surface area (Å²) in [6.07, 6.45) is 2.34. The van der Waals surface area contributed by atoms with Gasteiger partial charge in [0.1, 0.15) is 12.1 Å². The predicted octanol–water partition coefficient (Wildman–Crippen LogP) is 3.53. The average Bonchev–Trinajstić information content (AvgIpc) is 2.84. The highest BCUT2D eigenvalue weighted by molar-refractivity contribution is 9.10. The summed E-state index contributed by atoms with van der Waals surface area (Å²) in [5.74, 6) is -0.194. The SMILES string of the molecule is O=C(c1coc(Br)c1)N1CCCN(Cc2ccccc2F)CC1. The molecule has 1 aromatic carbocycles. The van der Waals surface area contributed by atoms with E-state index in [-0.39, 0.29) is 11.7 Å². The van der Waals surface area contributed by atoms with Gasteiger partial charge in [-0.05, 0) is 28.4 Å². The molecule has 2 aromatic rings. The van der Waals surface area contributed by atoms with Crippen LogP contribution in [0, 0.1) is 5.82 Å². The average molecular weight is 381 g/mol. The Bertz CT molecular complexity index is 689. The van der Waals surface area contributed by atoms with Gasteiger partial charge in [-0.15, -0.1) is 0 Å². The molecule has 1 amide bonds. The van der Waals surface area contributed by atoms with Crippen LogP contribution in [0.25, 0.3) is 0 Å². The number of carbonyl (C=O) groups excluding carboxylic acids is 1. The summed E-state index contributed by atoms with van der Waals surface area (Å²) in [7, 11) is 0. The van der Waals surface area contributed by atoms with E-state index in [0.29, 0.717) is 35.4 Å². The molecule has 1 aliphatic heterocycles. The van der Waals surface area contributed by atoms with Crippen molar-refractivity contribution in [3.8, 4) is 0 Å². The van der Waals surface area contributed by atoms with E-state index in [2.05, 4.69) is 20.8 Å². The van der Waals surface area contributed by atoms with Gasteiger partial charge >= 0.3 is 0 Å². The lowest BCUT2D eigenvalue weighted by atomic mass is 10.2. The Hall–Kier alpha value is -1.66. The van der Waals surface area contributed by atoms with Crippen LogP contribution in [0.2, 0.25) is 0 Å². The van der Waals surface area contributed by atoms with Crippen LogP contribution in [0.15, 0.2) is 45.7 Å². The van der Waals surface area contributed by atoms with Crippen LogP contribution < -0.4 is 0 Å². The van der Waals surface area contributed by atoms with Crippen molar-refractivity contribution in [1.82, 2.24) is 9.80 Å². The molecule has 23 heavy (non-hydrogen) atoms. The van der Waals surface area contributed by atoms with Crippen LogP contribution in [0.4, 0.5) is 4.39 Å². The molecule has 1 fully saturated rings. The van der Waals surface area contributed by atoms with Crippen molar-refractivity contribution in [3.05, 3.63) is 58.2 Å². The Morgan fingerprint density at radius 2 is 2.04 bits per heavy atom. The van der Waals surface area contributed by atoms with Crippen molar-refractivity contribution in [2.24, 2.45) is 0 Å². The molecule has 122 valence electrons. The summed E-state index contributed by atoms with van der Waals surface area (Å²) < 4.78 is 19.5. The minimum atomic E-state index is -0.173. The number of carbonyl (C=O) groups is 1. The zero-order valence-electron chi connectivity index (χ0n) is 12.7. The fraction of sp³-hybridized carbons (Fsp3) is 0.353. The number of benzene rings is 1. The number of rotatable bonds is 3. The summed E-state index contributed by atoms with van der Waals surface area (Å²) >= 11 is 3.21. The Kier molecular flexibility index (Phi) is 5.13. The minimum Gasteiger partial charge on any atom is -0.457 e. The first-order valence-corrected chi connectivity index (χ1v) is 8.42. The van der Waals surface area contributed by atoms with E-state index in [9.17, 15) is 9.18 Å². The van der Waals surface area contributed by atoms with Gasteiger partial charge in [-0.2, -0.15) is 0 Å². The fourth-order valence-corrected chi connectivity index (χ4v) is 3.14. The summed E-state index contributed by atoms with van der Waals surface area (Å²) in [6.45, 7) is 3.50. The van der Waals surface area contributed by atoms with Gasteiger partial charge in [0.25, 0.3) is 5.91 Å². The lowest BCUT2D eigenvalue weighted by Gasteiger charge is -2.21. The summed E-state index contributed by atoms with van der Waals surface area (Å²) in [6, 6.07) is 8.53. The molecule has 0 saturated carbocycles. The molecule has 0 N–H and O–H groups in total. The first-order chi connectivity index (χ1) is 11.1. The summed E-state index contributed by atoms with van der Waals surface area (Å²) in [5.41, 5.74) is 1.26. The molecule has 0 bridgehead atoms. The smallest absolute Gasteiger partial charge is 0.257 e. The van der Waals surface area contributed by atoms with Crippen molar-refractivity contribution in [2.75, 3.05) is 26.2 Å². The van der Waals surface area contributed by atoms with Crippen molar-refractivity contribution in [3.63, 3.8) is 0 Å². The molecule has 1 aliphatic rings. The normalized spacial score (nSPS) is 16.3. The van der Waals surface area contributed by atoms with Gasteiger partial charge in [0.15, 0.2) is 4.67 Å². The van der Waals surface area contributed by atoms with E-state index in [1.165, 1.54) is 12.3 Å². The monoisotopic (exact) mass is 380 g/mol. The molecule has 0 aliphatic carbocycles. The van der Waals surface area contributed by atoms with Crippen molar-refractivity contribution >= 4 is 21.8 Å². The maximum atomic E-state index is 13.8. The number of halogens is 2. The number of amides is 1. The molecule has 6 heteroatoms. The Morgan fingerprint density at radius 1 is 1.22 bits per heavy atom. The maximum Gasteiger partial charge on any atom is 0.257 e. The number of hydrogen-bond acceptors (Lipinski definition) is 3. The number of nitrogens with zero attached hydrogens (tertiary/aromatic N) is 2.